The molecule has 0 aliphatic heterocycles. The number of carbonyl (C=O) groups is 4. The maximum Gasteiger partial charge on any atom is 0.335 e. The average molecular weight is 356 g/mol. The Morgan fingerprint density at radius 3 is 0.923 bits per heavy atom. The summed E-state index contributed by atoms with van der Waals surface area (Å²) in [4.78, 5) is 44.4. The van der Waals surface area contributed by atoms with Gasteiger partial charge in [-0.3, -0.25) is 0 Å². The molecule has 4 N–H and O–H groups in total. The van der Waals surface area contributed by atoms with Crippen LogP contribution >= 0.6 is 0 Å². The molecule has 2 rings (SSSR count). The van der Waals surface area contributed by atoms with E-state index in [0.29, 0.717) is 0 Å². The molecule has 8 nitrogen and oxygen atoms in total. The average Bonchev–Trinajstić information content (AvgIpc) is 2.59. The molecule has 0 atom stereocenters. The number of hydrogen-bond acceptors (Lipinski definition) is 4. The topological polar surface area (TPSA) is 149 Å². The molecule has 0 fully saturated rings. The van der Waals surface area contributed by atoms with E-state index in [9.17, 15) is 19.2 Å². The molecule has 0 saturated carbocycles. The smallest absolute Gasteiger partial charge is 0.335 e. The molecule has 0 saturated heterocycles. The number of aromatic carboxylic acids is 4. The van der Waals surface area contributed by atoms with Crippen molar-refractivity contribution in [2.45, 2.75) is 0 Å². The summed E-state index contributed by atoms with van der Waals surface area (Å²) >= 11 is 0. The highest BCUT2D eigenvalue weighted by Crippen LogP contribution is 2.17. The van der Waals surface area contributed by atoms with Crippen molar-refractivity contribution in [3.63, 3.8) is 0 Å². The largest absolute Gasteiger partial charge is 0.478 e. The molecular weight excluding hydrogens is 344 g/mol. The van der Waals surface area contributed by atoms with E-state index in [1.54, 1.807) is 0 Å². The predicted octanol–water partition coefficient (Wildman–Crippen LogP) is 2.65. The van der Waals surface area contributed by atoms with Gasteiger partial charge in [-0.25, -0.2) is 19.2 Å². The molecule has 0 radical (unpaired) electrons. The number of rotatable bonds is 6. The highest BCUT2D eigenvalue weighted by Gasteiger charge is 2.12. The normalized spacial score (nSPS) is 10.6. The second-order valence-electron chi connectivity index (χ2n) is 5.24. The fourth-order valence-electron chi connectivity index (χ4n) is 2.18. The van der Waals surface area contributed by atoms with Gasteiger partial charge >= 0.3 is 23.9 Å². The lowest BCUT2D eigenvalue weighted by molar-refractivity contribution is 0.0676. The van der Waals surface area contributed by atoms with Crippen molar-refractivity contribution >= 4 is 36.0 Å². The van der Waals surface area contributed by atoms with Gasteiger partial charge in [-0.05, 0) is 47.5 Å². The summed E-state index contributed by atoms with van der Waals surface area (Å²) in [6, 6.07) is 6.98. The van der Waals surface area contributed by atoms with E-state index in [0.717, 1.165) is 12.1 Å². The van der Waals surface area contributed by atoms with Gasteiger partial charge in [-0.15, -0.1) is 0 Å². The van der Waals surface area contributed by atoms with Crippen LogP contribution in [-0.4, -0.2) is 44.3 Å². The Morgan fingerprint density at radius 1 is 0.500 bits per heavy atom. The van der Waals surface area contributed by atoms with Gasteiger partial charge in [0.05, 0.1) is 22.3 Å². The van der Waals surface area contributed by atoms with Gasteiger partial charge in [0.25, 0.3) is 0 Å². The summed E-state index contributed by atoms with van der Waals surface area (Å²) in [5, 5.41) is 36.2. The first-order valence-electron chi connectivity index (χ1n) is 7.09. The molecule has 132 valence electrons. The van der Waals surface area contributed by atoms with Crippen molar-refractivity contribution in [3.8, 4) is 0 Å². The standard InChI is InChI=1S/C18H12O8/c19-15(20)11-3-9(4-12(7-11)16(21)22)1-2-10-5-13(17(23)24)8-14(6-10)18(25)26/h1-8H,(H,19,20)(H,21,22)(H,23,24)(H,25,26). The summed E-state index contributed by atoms with van der Waals surface area (Å²) in [7, 11) is 0. The van der Waals surface area contributed by atoms with Crippen LogP contribution in [0.25, 0.3) is 12.2 Å². The monoisotopic (exact) mass is 356 g/mol. The van der Waals surface area contributed by atoms with Crippen LogP contribution in [0.3, 0.4) is 0 Å². The molecule has 2 aromatic carbocycles. The second kappa shape index (κ2) is 7.31. The summed E-state index contributed by atoms with van der Waals surface area (Å²) < 4.78 is 0. The molecule has 0 aliphatic carbocycles. The van der Waals surface area contributed by atoms with Gasteiger partial charge in [0.1, 0.15) is 0 Å². The van der Waals surface area contributed by atoms with E-state index in [1.807, 2.05) is 0 Å². The van der Waals surface area contributed by atoms with Crippen molar-refractivity contribution in [2.24, 2.45) is 0 Å². The summed E-state index contributed by atoms with van der Waals surface area (Å²) in [6.45, 7) is 0. The fourth-order valence-corrected chi connectivity index (χ4v) is 2.18. The predicted molar refractivity (Wildman–Crippen MR) is 89.6 cm³/mol. The number of carboxylic acids is 4. The highest BCUT2D eigenvalue weighted by atomic mass is 16.4. The fraction of sp³-hybridized carbons (Fsp3) is 0. The third-order valence-corrected chi connectivity index (χ3v) is 3.37. The molecule has 8 heteroatoms. The van der Waals surface area contributed by atoms with E-state index < -0.39 is 23.9 Å². The lowest BCUT2D eigenvalue weighted by Crippen LogP contribution is -2.03. The molecular formula is C18H12O8. The van der Waals surface area contributed by atoms with Crippen molar-refractivity contribution in [2.75, 3.05) is 0 Å². The summed E-state index contributed by atoms with van der Waals surface area (Å²) in [5.41, 5.74) is -0.407. The molecule has 0 spiro atoms. The number of benzene rings is 2. The van der Waals surface area contributed by atoms with E-state index in [-0.39, 0.29) is 33.4 Å². The lowest BCUT2D eigenvalue weighted by Gasteiger charge is -2.03. The zero-order valence-electron chi connectivity index (χ0n) is 13.0. The zero-order chi connectivity index (χ0) is 19.4. The van der Waals surface area contributed by atoms with Crippen molar-refractivity contribution in [1.82, 2.24) is 0 Å². The van der Waals surface area contributed by atoms with Gasteiger partial charge < -0.3 is 20.4 Å². The first-order valence-corrected chi connectivity index (χ1v) is 7.09. The van der Waals surface area contributed by atoms with Gasteiger partial charge in [0, 0.05) is 0 Å². The first kappa shape index (κ1) is 18.4. The third-order valence-electron chi connectivity index (χ3n) is 3.37. The van der Waals surface area contributed by atoms with Gasteiger partial charge in [0.15, 0.2) is 0 Å². The van der Waals surface area contributed by atoms with Crippen LogP contribution in [0.4, 0.5) is 0 Å². The van der Waals surface area contributed by atoms with E-state index in [4.69, 9.17) is 20.4 Å². The van der Waals surface area contributed by atoms with Crippen LogP contribution in [0.1, 0.15) is 52.6 Å². The molecule has 0 unspecified atom stereocenters. The highest BCUT2D eigenvalue weighted by molar-refractivity contribution is 5.96. The maximum atomic E-state index is 11.1. The minimum atomic E-state index is -1.30. The molecule has 0 bridgehead atoms. The molecule has 2 aromatic rings. The minimum absolute atomic E-state index is 0.227. The Kier molecular flexibility index (Phi) is 5.17. The number of hydrogen-bond donors (Lipinski definition) is 4. The van der Waals surface area contributed by atoms with E-state index in [2.05, 4.69) is 0 Å². The molecule has 0 amide bonds. The zero-order valence-corrected chi connectivity index (χ0v) is 13.0. The van der Waals surface area contributed by atoms with Crippen molar-refractivity contribution < 1.29 is 39.6 Å². The Bertz CT molecular complexity index is 814. The van der Waals surface area contributed by atoms with Crippen molar-refractivity contribution in [1.29, 1.82) is 0 Å². The van der Waals surface area contributed by atoms with Crippen LogP contribution in [0.5, 0.6) is 0 Å². The van der Waals surface area contributed by atoms with Gasteiger partial charge in [0.2, 0.25) is 0 Å². The Morgan fingerprint density at radius 2 is 0.731 bits per heavy atom. The molecule has 0 aliphatic rings. The SMILES string of the molecule is O=C(O)c1cc(C=Cc2cc(C(=O)O)cc(C(=O)O)c2)cc(C(=O)O)c1. The van der Waals surface area contributed by atoms with E-state index >= 15 is 0 Å². The lowest BCUT2D eigenvalue weighted by atomic mass is 10.0. The minimum Gasteiger partial charge on any atom is -0.478 e. The van der Waals surface area contributed by atoms with Crippen LogP contribution < -0.4 is 0 Å². The molecule has 0 heterocycles. The van der Waals surface area contributed by atoms with E-state index in [1.165, 1.54) is 36.4 Å². The quantitative estimate of drug-likeness (QED) is 0.577. The third kappa shape index (κ3) is 4.32. The van der Waals surface area contributed by atoms with Crippen LogP contribution in [-0.2, 0) is 0 Å². The van der Waals surface area contributed by atoms with Crippen LogP contribution in [0.15, 0.2) is 36.4 Å². The Labute approximate surface area is 146 Å². The maximum absolute atomic E-state index is 11.1. The van der Waals surface area contributed by atoms with Crippen LogP contribution in [0.2, 0.25) is 0 Å². The van der Waals surface area contributed by atoms with Crippen LogP contribution in [0, 0.1) is 0 Å². The van der Waals surface area contributed by atoms with Gasteiger partial charge in [-0.2, -0.15) is 0 Å². The molecule has 0 aromatic heterocycles. The second-order valence-corrected chi connectivity index (χ2v) is 5.24. The number of carboxylic acid groups (broad SMARTS) is 4. The summed E-state index contributed by atoms with van der Waals surface area (Å²) in [6.07, 6.45) is 2.73. The Hall–Kier alpha value is -3.94. The van der Waals surface area contributed by atoms with Crippen molar-refractivity contribution in [3.05, 3.63) is 69.8 Å². The van der Waals surface area contributed by atoms with Gasteiger partial charge in [-0.1, -0.05) is 12.2 Å². The molecule has 26 heavy (non-hydrogen) atoms. The first-order chi connectivity index (χ1) is 12.2. The Balaban J connectivity index is 2.49. The summed E-state index contributed by atoms with van der Waals surface area (Å²) in [5.74, 6) is -5.21.